The standard InChI is InChI=1S/C16H15ClF2N6O/c1-8-7-26-5-4-24(8)14-12(19)13(17)22-16(23-14)25-11-3-2-9(18)6-10(11)21-15(25)20/h2-3,6,8H,4-5,7H2,1H3,(H2,20,21). The number of nitrogen functional groups attached to an aromatic ring is 1. The Morgan fingerprint density at radius 2 is 2.08 bits per heavy atom. The average Bonchev–Trinajstić information content (AvgIpc) is 2.93. The van der Waals surface area contributed by atoms with Gasteiger partial charge in [-0.3, -0.25) is 0 Å². The monoisotopic (exact) mass is 380 g/mol. The lowest BCUT2D eigenvalue weighted by atomic mass is 10.2. The van der Waals surface area contributed by atoms with E-state index in [1.54, 1.807) is 4.90 Å². The summed E-state index contributed by atoms with van der Waals surface area (Å²) in [5.74, 6) is -0.966. The highest BCUT2D eigenvalue weighted by Crippen LogP contribution is 2.29. The predicted octanol–water partition coefficient (Wildman–Crippen LogP) is 2.55. The fraction of sp³-hybridized carbons (Fsp3) is 0.312. The Hall–Kier alpha value is -2.52. The van der Waals surface area contributed by atoms with Gasteiger partial charge >= 0.3 is 0 Å². The zero-order valence-electron chi connectivity index (χ0n) is 13.8. The summed E-state index contributed by atoms with van der Waals surface area (Å²) in [7, 11) is 0. The number of morpholine rings is 1. The van der Waals surface area contributed by atoms with Crippen molar-refractivity contribution in [3.8, 4) is 5.95 Å². The summed E-state index contributed by atoms with van der Waals surface area (Å²) in [4.78, 5) is 14.2. The summed E-state index contributed by atoms with van der Waals surface area (Å²) in [5.41, 5.74) is 6.79. The van der Waals surface area contributed by atoms with Crippen molar-refractivity contribution < 1.29 is 13.5 Å². The largest absolute Gasteiger partial charge is 0.377 e. The summed E-state index contributed by atoms with van der Waals surface area (Å²) in [6.45, 7) is 3.27. The summed E-state index contributed by atoms with van der Waals surface area (Å²) in [5, 5.41) is -0.327. The minimum absolute atomic E-state index is 0.0502. The van der Waals surface area contributed by atoms with Gasteiger partial charge in [0.2, 0.25) is 17.7 Å². The van der Waals surface area contributed by atoms with Gasteiger partial charge in [-0.2, -0.15) is 14.4 Å². The molecule has 4 rings (SSSR count). The molecule has 0 radical (unpaired) electrons. The van der Waals surface area contributed by atoms with Crippen molar-refractivity contribution in [2.45, 2.75) is 13.0 Å². The Balaban J connectivity index is 1.89. The number of imidazole rings is 1. The van der Waals surface area contributed by atoms with Crippen LogP contribution < -0.4 is 10.6 Å². The van der Waals surface area contributed by atoms with Gasteiger partial charge in [-0.15, -0.1) is 0 Å². The molecule has 10 heteroatoms. The third-order valence-corrected chi connectivity index (χ3v) is 4.51. The van der Waals surface area contributed by atoms with E-state index in [1.807, 2.05) is 6.92 Å². The molecule has 0 saturated carbocycles. The molecular weight excluding hydrogens is 366 g/mol. The van der Waals surface area contributed by atoms with Crippen molar-refractivity contribution in [1.29, 1.82) is 0 Å². The second-order valence-electron chi connectivity index (χ2n) is 6.01. The van der Waals surface area contributed by atoms with Crippen molar-refractivity contribution in [2.24, 2.45) is 0 Å². The first-order chi connectivity index (χ1) is 12.5. The SMILES string of the molecule is CC1COCCN1c1nc(-n2c(N)nc3cc(F)ccc32)nc(Cl)c1F. The van der Waals surface area contributed by atoms with Crippen LogP contribution in [0.4, 0.5) is 20.5 Å². The van der Waals surface area contributed by atoms with E-state index >= 15 is 0 Å². The van der Waals surface area contributed by atoms with E-state index in [1.165, 1.54) is 22.8 Å². The van der Waals surface area contributed by atoms with Crippen LogP contribution >= 0.6 is 11.6 Å². The molecule has 3 aromatic rings. The number of nitrogens with two attached hydrogens (primary N) is 1. The van der Waals surface area contributed by atoms with Crippen LogP contribution in [0.25, 0.3) is 17.0 Å². The van der Waals surface area contributed by atoms with E-state index in [4.69, 9.17) is 22.1 Å². The van der Waals surface area contributed by atoms with Crippen LogP contribution in [0.3, 0.4) is 0 Å². The quantitative estimate of drug-likeness (QED) is 0.688. The molecule has 2 N–H and O–H groups in total. The molecule has 1 unspecified atom stereocenters. The predicted molar refractivity (Wildman–Crippen MR) is 93.6 cm³/mol. The Labute approximate surface area is 152 Å². The maximum Gasteiger partial charge on any atom is 0.240 e. The van der Waals surface area contributed by atoms with Gasteiger partial charge in [-0.1, -0.05) is 11.6 Å². The van der Waals surface area contributed by atoms with Gasteiger partial charge < -0.3 is 15.4 Å². The molecular formula is C16H15ClF2N6O. The van der Waals surface area contributed by atoms with Crippen molar-refractivity contribution in [2.75, 3.05) is 30.4 Å². The van der Waals surface area contributed by atoms with Crippen LogP contribution in [-0.4, -0.2) is 45.3 Å². The fourth-order valence-electron chi connectivity index (χ4n) is 3.01. The van der Waals surface area contributed by atoms with Gasteiger partial charge in [-0.05, 0) is 19.1 Å². The topological polar surface area (TPSA) is 82.1 Å². The minimum Gasteiger partial charge on any atom is -0.377 e. The molecule has 26 heavy (non-hydrogen) atoms. The zero-order valence-corrected chi connectivity index (χ0v) is 14.5. The number of ether oxygens (including phenoxy) is 1. The number of halogens is 3. The third kappa shape index (κ3) is 2.73. The van der Waals surface area contributed by atoms with Gasteiger partial charge in [0.15, 0.2) is 11.0 Å². The first-order valence-electron chi connectivity index (χ1n) is 7.97. The smallest absolute Gasteiger partial charge is 0.240 e. The summed E-state index contributed by atoms with van der Waals surface area (Å²) in [6.07, 6.45) is 0. The summed E-state index contributed by atoms with van der Waals surface area (Å²) >= 11 is 6.01. The molecule has 0 aliphatic carbocycles. The van der Waals surface area contributed by atoms with Gasteiger partial charge in [-0.25, -0.2) is 13.9 Å². The van der Waals surface area contributed by atoms with Crippen LogP contribution in [0.1, 0.15) is 6.92 Å². The number of hydrogen-bond acceptors (Lipinski definition) is 6. The van der Waals surface area contributed by atoms with Crippen molar-refractivity contribution >= 4 is 34.4 Å². The summed E-state index contributed by atoms with van der Waals surface area (Å²) in [6, 6.07) is 3.95. The fourth-order valence-corrected chi connectivity index (χ4v) is 3.17. The van der Waals surface area contributed by atoms with E-state index < -0.39 is 11.6 Å². The minimum atomic E-state index is -0.710. The van der Waals surface area contributed by atoms with Gasteiger partial charge in [0.1, 0.15) is 5.82 Å². The maximum atomic E-state index is 14.6. The Morgan fingerprint density at radius 3 is 2.85 bits per heavy atom. The first kappa shape index (κ1) is 16.9. The number of hydrogen-bond donors (Lipinski definition) is 1. The Bertz CT molecular complexity index is 995. The van der Waals surface area contributed by atoms with Crippen LogP contribution in [-0.2, 0) is 4.74 Å². The maximum absolute atomic E-state index is 14.6. The molecule has 1 fully saturated rings. The van der Waals surface area contributed by atoms with Crippen molar-refractivity contribution in [3.05, 3.63) is 35.0 Å². The Kier molecular flexibility index (Phi) is 4.12. The van der Waals surface area contributed by atoms with Crippen LogP contribution in [0.5, 0.6) is 0 Å². The number of aromatic nitrogens is 4. The average molecular weight is 381 g/mol. The molecule has 1 atom stereocenters. The lowest BCUT2D eigenvalue weighted by Crippen LogP contribution is -2.44. The number of benzene rings is 1. The molecule has 0 spiro atoms. The molecule has 1 aliphatic rings. The molecule has 1 aliphatic heterocycles. The van der Waals surface area contributed by atoms with Crippen molar-refractivity contribution in [3.63, 3.8) is 0 Å². The van der Waals surface area contributed by atoms with E-state index in [0.29, 0.717) is 30.8 Å². The second-order valence-corrected chi connectivity index (χ2v) is 6.37. The second kappa shape index (κ2) is 6.33. The lowest BCUT2D eigenvalue weighted by Gasteiger charge is -2.34. The highest BCUT2D eigenvalue weighted by Gasteiger charge is 2.27. The molecule has 3 heterocycles. The molecule has 0 amide bonds. The van der Waals surface area contributed by atoms with Gasteiger partial charge in [0.25, 0.3) is 0 Å². The number of fused-ring (bicyclic) bond motifs is 1. The normalized spacial score (nSPS) is 17.8. The lowest BCUT2D eigenvalue weighted by molar-refractivity contribution is 0.0981. The van der Waals surface area contributed by atoms with E-state index in [9.17, 15) is 8.78 Å². The third-order valence-electron chi connectivity index (χ3n) is 4.26. The number of anilines is 2. The molecule has 1 saturated heterocycles. The molecule has 136 valence electrons. The number of rotatable bonds is 2. The molecule has 0 bridgehead atoms. The van der Waals surface area contributed by atoms with Gasteiger partial charge in [0, 0.05) is 12.6 Å². The first-order valence-corrected chi connectivity index (χ1v) is 8.35. The zero-order chi connectivity index (χ0) is 18.4. The van der Waals surface area contributed by atoms with Crippen molar-refractivity contribution in [1.82, 2.24) is 19.5 Å². The van der Waals surface area contributed by atoms with Crippen LogP contribution in [0, 0.1) is 11.6 Å². The number of nitrogens with zero attached hydrogens (tertiary/aromatic N) is 5. The van der Waals surface area contributed by atoms with Crippen LogP contribution in [0.15, 0.2) is 18.2 Å². The van der Waals surface area contributed by atoms with E-state index in [2.05, 4.69) is 15.0 Å². The van der Waals surface area contributed by atoms with Crippen LogP contribution in [0.2, 0.25) is 5.15 Å². The molecule has 1 aromatic carbocycles. The summed E-state index contributed by atoms with van der Waals surface area (Å²) < 4.78 is 34.8. The highest BCUT2D eigenvalue weighted by molar-refractivity contribution is 6.29. The van der Waals surface area contributed by atoms with E-state index in [-0.39, 0.29) is 28.9 Å². The Morgan fingerprint density at radius 1 is 1.27 bits per heavy atom. The molecule has 2 aromatic heterocycles. The van der Waals surface area contributed by atoms with Gasteiger partial charge in [0.05, 0.1) is 30.3 Å². The highest BCUT2D eigenvalue weighted by atomic mass is 35.5. The molecule has 7 nitrogen and oxygen atoms in total. The van der Waals surface area contributed by atoms with E-state index in [0.717, 1.165) is 0 Å².